The van der Waals surface area contributed by atoms with Crippen LogP contribution in [-0.2, 0) is 14.6 Å². The maximum atomic E-state index is 11.2. The van der Waals surface area contributed by atoms with E-state index in [9.17, 15) is 13.2 Å². The summed E-state index contributed by atoms with van der Waals surface area (Å²) in [4.78, 5) is 10.7. The summed E-state index contributed by atoms with van der Waals surface area (Å²) in [5.74, 6) is -0.873. The molecule has 0 atom stereocenters. The number of sulfone groups is 1. The van der Waals surface area contributed by atoms with Crippen molar-refractivity contribution >= 4 is 15.7 Å². The lowest BCUT2D eigenvalue weighted by molar-refractivity contribution is -0.119. The molecule has 0 bridgehead atoms. The van der Waals surface area contributed by atoms with Crippen molar-refractivity contribution in [3.05, 3.63) is 0 Å². The van der Waals surface area contributed by atoms with Crippen molar-refractivity contribution in [2.75, 3.05) is 5.75 Å². The van der Waals surface area contributed by atoms with Gasteiger partial charge in [0.25, 0.3) is 0 Å². The van der Waals surface area contributed by atoms with Gasteiger partial charge in [0.05, 0.1) is 0 Å². The number of primary amides is 1. The molecule has 0 radical (unpaired) electrons. The van der Waals surface area contributed by atoms with E-state index in [1.807, 2.05) is 0 Å². The summed E-state index contributed by atoms with van der Waals surface area (Å²) >= 11 is 0. The quantitative estimate of drug-likeness (QED) is 0.645. The van der Waals surface area contributed by atoms with Crippen LogP contribution >= 0.6 is 0 Å². The molecule has 4 nitrogen and oxygen atoms in total. The van der Waals surface area contributed by atoms with Gasteiger partial charge in [0.2, 0.25) is 5.91 Å². The van der Waals surface area contributed by atoms with Crippen LogP contribution in [0.3, 0.4) is 0 Å². The van der Waals surface area contributed by atoms with Crippen LogP contribution in [0.25, 0.3) is 0 Å². The number of rotatable bonds is 3. The Morgan fingerprint density at radius 1 is 1.45 bits per heavy atom. The summed E-state index contributed by atoms with van der Waals surface area (Å²) in [5.41, 5.74) is 4.91. The highest BCUT2D eigenvalue weighted by Gasteiger charge is 2.38. The molecule has 0 aromatic heterocycles. The summed E-state index contributed by atoms with van der Waals surface area (Å²) in [7, 11) is -3.37. The number of amides is 1. The van der Waals surface area contributed by atoms with Gasteiger partial charge in [0.1, 0.15) is 4.75 Å². The summed E-state index contributed by atoms with van der Waals surface area (Å²) in [5, 5.41) is 0. The molecule has 0 rings (SSSR count). The molecule has 0 aliphatic heterocycles. The molecular formula is C6H13NO3S. The Bertz CT molecular complexity index is 253. The van der Waals surface area contributed by atoms with Gasteiger partial charge in [-0.3, -0.25) is 4.79 Å². The Morgan fingerprint density at radius 3 is 1.91 bits per heavy atom. The second-order valence-corrected chi connectivity index (χ2v) is 5.61. The lowest BCUT2D eigenvalue weighted by atomic mass is 10.2. The first-order valence-corrected chi connectivity index (χ1v) is 4.93. The number of nitrogens with two attached hydrogens (primary N) is 1. The SMILES string of the molecule is CCS(=O)(=O)C(C)(C)C(N)=O. The largest absolute Gasteiger partial charge is 0.368 e. The smallest absolute Gasteiger partial charge is 0.238 e. The molecule has 0 aliphatic carbocycles. The van der Waals surface area contributed by atoms with Crippen LogP contribution in [0.4, 0.5) is 0 Å². The van der Waals surface area contributed by atoms with Gasteiger partial charge in [-0.05, 0) is 13.8 Å². The fourth-order valence-electron chi connectivity index (χ4n) is 0.514. The zero-order valence-electron chi connectivity index (χ0n) is 6.92. The molecule has 0 aliphatic rings. The molecule has 11 heavy (non-hydrogen) atoms. The van der Waals surface area contributed by atoms with Crippen LogP contribution < -0.4 is 5.73 Å². The van der Waals surface area contributed by atoms with Crippen LogP contribution in [0.1, 0.15) is 20.8 Å². The van der Waals surface area contributed by atoms with E-state index in [0.717, 1.165) is 0 Å². The van der Waals surface area contributed by atoms with Gasteiger partial charge in [-0.2, -0.15) is 0 Å². The number of carbonyl (C=O) groups excluding carboxylic acids is 1. The van der Waals surface area contributed by atoms with Crippen LogP contribution in [0.15, 0.2) is 0 Å². The number of hydrogen-bond donors (Lipinski definition) is 1. The Balaban J connectivity index is 5.01. The fourth-order valence-corrected chi connectivity index (χ4v) is 1.54. The van der Waals surface area contributed by atoms with Crippen molar-refractivity contribution < 1.29 is 13.2 Å². The molecule has 0 unspecified atom stereocenters. The molecule has 0 saturated carbocycles. The van der Waals surface area contributed by atoms with Crippen molar-refractivity contribution in [3.63, 3.8) is 0 Å². The first-order valence-electron chi connectivity index (χ1n) is 3.28. The first kappa shape index (κ1) is 10.4. The van der Waals surface area contributed by atoms with Crippen LogP contribution in [-0.4, -0.2) is 24.8 Å². The third-order valence-electron chi connectivity index (χ3n) is 1.75. The highest BCUT2D eigenvalue weighted by Crippen LogP contribution is 2.15. The van der Waals surface area contributed by atoms with Crippen LogP contribution in [0.5, 0.6) is 0 Å². The van der Waals surface area contributed by atoms with Gasteiger partial charge >= 0.3 is 0 Å². The maximum absolute atomic E-state index is 11.2. The third-order valence-corrected chi connectivity index (χ3v) is 4.27. The Labute approximate surface area is 66.7 Å². The van der Waals surface area contributed by atoms with Gasteiger partial charge < -0.3 is 5.73 Å². The predicted octanol–water partition coefficient (Wildman–Crippen LogP) is -0.315. The molecule has 5 heteroatoms. The first-order chi connectivity index (χ1) is 4.75. The Morgan fingerprint density at radius 2 is 1.82 bits per heavy atom. The highest BCUT2D eigenvalue weighted by molar-refractivity contribution is 7.93. The average Bonchev–Trinajstić information content (AvgIpc) is 1.87. The van der Waals surface area contributed by atoms with Crippen molar-refractivity contribution in [1.82, 2.24) is 0 Å². The van der Waals surface area contributed by atoms with Crippen LogP contribution in [0.2, 0.25) is 0 Å². The van der Waals surface area contributed by atoms with Gasteiger partial charge in [-0.15, -0.1) is 0 Å². The van der Waals surface area contributed by atoms with E-state index in [1.165, 1.54) is 20.8 Å². The van der Waals surface area contributed by atoms with E-state index in [2.05, 4.69) is 0 Å². The molecule has 0 aromatic carbocycles. The molecule has 66 valence electrons. The summed E-state index contributed by atoms with van der Waals surface area (Å²) in [6, 6.07) is 0. The molecule has 0 aromatic rings. The minimum Gasteiger partial charge on any atom is -0.368 e. The maximum Gasteiger partial charge on any atom is 0.238 e. The van der Waals surface area contributed by atoms with Gasteiger partial charge in [0.15, 0.2) is 9.84 Å². The molecule has 1 amide bonds. The molecule has 2 N–H and O–H groups in total. The average molecular weight is 179 g/mol. The molecule has 0 fully saturated rings. The van der Waals surface area contributed by atoms with Gasteiger partial charge in [-0.25, -0.2) is 8.42 Å². The van der Waals surface area contributed by atoms with E-state index < -0.39 is 20.5 Å². The van der Waals surface area contributed by atoms with E-state index >= 15 is 0 Å². The minimum absolute atomic E-state index is 0.0665. The molecule has 0 spiro atoms. The summed E-state index contributed by atoms with van der Waals surface area (Å²) in [6.07, 6.45) is 0. The fraction of sp³-hybridized carbons (Fsp3) is 0.833. The zero-order chi connectivity index (χ0) is 9.28. The molecule has 0 heterocycles. The second-order valence-electron chi connectivity index (χ2n) is 2.78. The number of carbonyl (C=O) groups is 1. The monoisotopic (exact) mass is 179 g/mol. The minimum atomic E-state index is -3.37. The van der Waals surface area contributed by atoms with Crippen molar-refractivity contribution in [2.45, 2.75) is 25.5 Å². The van der Waals surface area contributed by atoms with E-state index in [-0.39, 0.29) is 5.75 Å². The predicted molar refractivity (Wildman–Crippen MR) is 42.7 cm³/mol. The Kier molecular flexibility index (Phi) is 2.66. The van der Waals surface area contributed by atoms with E-state index in [4.69, 9.17) is 5.73 Å². The van der Waals surface area contributed by atoms with E-state index in [0.29, 0.717) is 0 Å². The van der Waals surface area contributed by atoms with Crippen molar-refractivity contribution in [3.8, 4) is 0 Å². The highest BCUT2D eigenvalue weighted by atomic mass is 32.2. The van der Waals surface area contributed by atoms with Gasteiger partial charge in [0, 0.05) is 5.75 Å². The Hall–Kier alpha value is -0.580. The third kappa shape index (κ3) is 1.71. The van der Waals surface area contributed by atoms with Crippen molar-refractivity contribution in [2.24, 2.45) is 5.73 Å². The zero-order valence-corrected chi connectivity index (χ0v) is 7.73. The second kappa shape index (κ2) is 2.81. The normalized spacial score (nSPS) is 13.0. The lowest BCUT2D eigenvalue weighted by Crippen LogP contribution is -2.45. The summed E-state index contributed by atoms with van der Waals surface area (Å²) < 4.78 is 20.9. The van der Waals surface area contributed by atoms with Crippen LogP contribution in [0, 0.1) is 0 Å². The standard InChI is InChI=1S/C6H13NO3S/c1-4-11(9,10)6(2,3)5(7)8/h4H2,1-3H3,(H2,7,8). The number of hydrogen-bond acceptors (Lipinski definition) is 3. The van der Waals surface area contributed by atoms with E-state index in [1.54, 1.807) is 0 Å². The molecule has 0 saturated heterocycles. The van der Waals surface area contributed by atoms with Gasteiger partial charge in [-0.1, -0.05) is 6.92 Å². The topological polar surface area (TPSA) is 77.2 Å². The molecular weight excluding hydrogens is 166 g/mol. The lowest BCUT2D eigenvalue weighted by Gasteiger charge is -2.19. The summed E-state index contributed by atoms with van der Waals surface area (Å²) in [6.45, 7) is 4.11. The van der Waals surface area contributed by atoms with Crippen molar-refractivity contribution in [1.29, 1.82) is 0 Å².